The molecule has 8 nitrogen and oxygen atoms in total. The van der Waals surface area contributed by atoms with Gasteiger partial charge in [0.25, 0.3) is 5.91 Å². The molecule has 0 radical (unpaired) electrons. The number of benzene rings is 1. The Morgan fingerprint density at radius 1 is 1.26 bits per heavy atom. The average Bonchev–Trinajstić information content (AvgIpc) is 2.99. The van der Waals surface area contributed by atoms with Gasteiger partial charge in [-0.3, -0.25) is 4.79 Å². The van der Waals surface area contributed by atoms with Gasteiger partial charge in [0.1, 0.15) is 11.8 Å². The lowest BCUT2D eigenvalue weighted by Gasteiger charge is -2.11. The van der Waals surface area contributed by atoms with Crippen molar-refractivity contribution in [3.05, 3.63) is 53.0 Å². The molecule has 1 aromatic carbocycles. The molecule has 8 heteroatoms. The van der Waals surface area contributed by atoms with Crippen LogP contribution in [-0.2, 0) is 0 Å². The van der Waals surface area contributed by atoms with Crippen molar-refractivity contribution in [3.63, 3.8) is 0 Å². The number of aromatic carboxylic acids is 1. The van der Waals surface area contributed by atoms with Gasteiger partial charge in [0.05, 0.1) is 11.1 Å². The fraction of sp³-hybridized carbons (Fsp3) is 0.263. The second kappa shape index (κ2) is 7.45. The second-order valence-electron chi connectivity index (χ2n) is 6.29. The summed E-state index contributed by atoms with van der Waals surface area (Å²) < 4.78 is 1.60. The number of nitrogens with one attached hydrogen (secondary N) is 2. The van der Waals surface area contributed by atoms with Gasteiger partial charge in [-0.25, -0.2) is 14.3 Å². The van der Waals surface area contributed by atoms with E-state index in [1.807, 2.05) is 20.8 Å². The first-order chi connectivity index (χ1) is 12.9. The van der Waals surface area contributed by atoms with Gasteiger partial charge in [-0.05, 0) is 43.5 Å². The normalized spacial score (nSPS) is 10.8. The number of fused-ring (bicyclic) bond motifs is 1. The standard InChI is InChI=1S/C19H21N5O3/c1-4-7-20-18(25)14-9-24-16(12(14)3)17(21-10-22-24)23-15-8-13(19(26)27)6-5-11(15)2/h5-6,8-10H,4,7H2,1-3H3,(H,20,25)(H,26,27)(H,21,22,23). The molecule has 0 aliphatic carbocycles. The molecule has 3 rings (SSSR count). The van der Waals surface area contributed by atoms with Crippen molar-refractivity contribution in [1.29, 1.82) is 0 Å². The first-order valence-electron chi connectivity index (χ1n) is 8.64. The molecule has 1 amide bonds. The molecule has 2 aromatic heterocycles. The van der Waals surface area contributed by atoms with Crippen molar-refractivity contribution in [2.75, 3.05) is 11.9 Å². The van der Waals surface area contributed by atoms with Gasteiger partial charge in [0, 0.05) is 18.4 Å². The van der Waals surface area contributed by atoms with E-state index in [1.54, 1.807) is 28.9 Å². The lowest BCUT2D eigenvalue weighted by Crippen LogP contribution is -2.24. The molecule has 0 bridgehead atoms. The number of carboxylic acids is 1. The van der Waals surface area contributed by atoms with Crippen molar-refractivity contribution < 1.29 is 14.7 Å². The van der Waals surface area contributed by atoms with E-state index in [0.717, 1.165) is 17.5 Å². The highest BCUT2D eigenvalue weighted by Crippen LogP contribution is 2.27. The number of aromatic nitrogens is 3. The Morgan fingerprint density at radius 2 is 2.04 bits per heavy atom. The quantitative estimate of drug-likeness (QED) is 0.618. The molecule has 0 aliphatic heterocycles. The molecule has 0 fully saturated rings. The molecule has 3 N–H and O–H groups in total. The first kappa shape index (κ1) is 18.4. The van der Waals surface area contributed by atoms with Crippen LogP contribution in [-0.4, -0.2) is 38.1 Å². The minimum atomic E-state index is -1.00. The van der Waals surface area contributed by atoms with Crippen molar-refractivity contribution in [1.82, 2.24) is 19.9 Å². The SMILES string of the molecule is CCCNC(=O)c1cn2ncnc(Nc3cc(C(=O)O)ccc3C)c2c1C. The summed E-state index contributed by atoms with van der Waals surface area (Å²) in [5.74, 6) is -0.655. The summed E-state index contributed by atoms with van der Waals surface area (Å²) in [6.45, 7) is 6.30. The zero-order valence-corrected chi connectivity index (χ0v) is 15.4. The van der Waals surface area contributed by atoms with E-state index < -0.39 is 5.97 Å². The summed E-state index contributed by atoms with van der Waals surface area (Å²) in [5, 5.41) is 19.4. The predicted octanol–water partition coefficient (Wildman–Crippen LogP) is 2.93. The summed E-state index contributed by atoms with van der Waals surface area (Å²) in [6, 6.07) is 4.85. The molecule has 0 saturated heterocycles. The van der Waals surface area contributed by atoms with Crippen molar-refractivity contribution in [2.24, 2.45) is 0 Å². The molecule has 0 aliphatic rings. The van der Waals surface area contributed by atoms with Gasteiger partial charge in [0.2, 0.25) is 0 Å². The van der Waals surface area contributed by atoms with Gasteiger partial charge in [-0.15, -0.1) is 0 Å². The number of carbonyl (C=O) groups is 2. The van der Waals surface area contributed by atoms with Crippen LogP contribution < -0.4 is 10.6 Å². The summed E-state index contributed by atoms with van der Waals surface area (Å²) in [5.41, 5.74) is 3.64. The zero-order valence-electron chi connectivity index (χ0n) is 15.4. The summed E-state index contributed by atoms with van der Waals surface area (Å²) in [7, 11) is 0. The van der Waals surface area contributed by atoms with E-state index in [0.29, 0.717) is 29.1 Å². The van der Waals surface area contributed by atoms with E-state index in [4.69, 9.17) is 0 Å². The molecule has 0 saturated carbocycles. The average molecular weight is 367 g/mol. The topological polar surface area (TPSA) is 109 Å². The third kappa shape index (κ3) is 3.59. The summed E-state index contributed by atoms with van der Waals surface area (Å²) >= 11 is 0. The largest absolute Gasteiger partial charge is 0.478 e. The van der Waals surface area contributed by atoms with Crippen molar-refractivity contribution >= 4 is 28.9 Å². The van der Waals surface area contributed by atoms with Crippen molar-refractivity contribution in [3.8, 4) is 0 Å². The van der Waals surface area contributed by atoms with E-state index >= 15 is 0 Å². The maximum absolute atomic E-state index is 12.4. The zero-order chi connectivity index (χ0) is 19.6. The minimum absolute atomic E-state index is 0.158. The van der Waals surface area contributed by atoms with Gasteiger partial charge in [-0.1, -0.05) is 13.0 Å². The molecule has 27 heavy (non-hydrogen) atoms. The summed E-state index contributed by atoms with van der Waals surface area (Å²) in [6.07, 6.45) is 3.91. The van der Waals surface area contributed by atoms with Crippen LogP contribution in [0.4, 0.5) is 11.5 Å². The maximum atomic E-state index is 12.4. The number of aryl methyl sites for hydroxylation is 2. The number of anilines is 2. The van der Waals surface area contributed by atoms with Crippen molar-refractivity contribution in [2.45, 2.75) is 27.2 Å². The Bertz CT molecular complexity index is 1030. The third-order valence-electron chi connectivity index (χ3n) is 4.34. The molecular weight excluding hydrogens is 346 g/mol. The molecule has 0 spiro atoms. The van der Waals surface area contributed by atoms with Gasteiger partial charge >= 0.3 is 5.97 Å². The van der Waals surface area contributed by atoms with Crippen LogP contribution in [0.15, 0.2) is 30.7 Å². The number of hydrogen-bond acceptors (Lipinski definition) is 5. The lowest BCUT2D eigenvalue weighted by atomic mass is 10.1. The Balaban J connectivity index is 2.03. The molecule has 0 unspecified atom stereocenters. The Labute approximate surface area is 156 Å². The Hall–Kier alpha value is -3.42. The van der Waals surface area contributed by atoms with Crippen LogP contribution in [0.25, 0.3) is 5.52 Å². The number of rotatable bonds is 6. The predicted molar refractivity (Wildman–Crippen MR) is 102 cm³/mol. The van der Waals surface area contributed by atoms with E-state index in [2.05, 4.69) is 20.7 Å². The minimum Gasteiger partial charge on any atom is -0.478 e. The molecular formula is C19H21N5O3. The van der Waals surface area contributed by atoms with Crippen LogP contribution in [0.3, 0.4) is 0 Å². The highest BCUT2D eigenvalue weighted by atomic mass is 16.4. The highest BCUT2D eigenvalue weighted by molar-refractivity contribution is 5.99. The van der Waals surface area contributed by atoms with Crippen LogP contribution in [0, 0.1) is 13.8 Å². The van der Waals surface area contributed by atoms with E-state index in [-0.39, 0.29) is 11.5 Å². The maximum Gasteiger partial charge on any atom is 0.335 e. The lowest BCUT2D eigenvalue weighted by molar-refractivity contribution is 0.0696. The molecule has 2 heterocycles. The van der Waals surface area contributed by atoms with Gasteiger partial charge in [0.15, 0.2) is 5.82 Å². The number of nitrogens with zero attached hydrogens (tertiary/aromatic N) is 3. The molecule has 0 atom stereocenters. The van der Waals surface area contributed by atoms with Crippen LogP contribution in [0.2, 0.25) is 0 Å². The fourth-order valence-corrected chi connectivity index (χ4v) is 2.83. The highest BCUT2D eigenvalue weighted by Gasteiger charge is 2.18. The number of carbonyl (C=O) groups excluding carboxylic acids is 1. The first-order valence-corrected chi connectivity index (χ1v) is 8.64. The Kier molecular flexibility index (Phi) is 5.07. The fourth-order valence-electron chi connectivity index (χ4n) is 2.83. The smallest absolute Gasteiger partial charge is 0.335 e. The van der Waals surface area contributed by atoms with E-state index in [9.17, 15) is 14.7 Å². The number of amides is 1. The number of hydrogen-bond donors (Lipinski definition) is 3. The van der Waals surface area contributed by atoms with E-state index in [1.165, 1.54) is 6.33 Å². The number of carboxylic acid groups (broad SMARTS) is 1. The van der Waals surface area contributed by atoms with Crippen LogP contribution >= 0.6 is 0 Å². The summed E-state index contributed by atoms with van der Waals surface area (Å²) in [4.78, 5) is 27.9. The third-order valence-corrected chi connectivity index (χ3v) is 4.34. The second-order valence-corrected chi connectivity index (χ2v) is 6.29. The monoisotopic (exact) mass is 367 g/mol. The van der Waals surface area contributed by atoms with Gasteiger partial charge < -0.3 is 15.7 Å². The molecule has 3 aromatic rings. The Morgan fingerprint density at radius 3 is 2.74 bits per heavy atom. The van der Waals surface area contributed by atoms with Crippen LogP contribution in [0.5, 0.6) is 0 Å². The van der Waals surface area contributed by atoms with Gasteiger partial charge in [-0.2, -0.15) is 5.10 Å². The van der Waals surface area contributed by atoms with Crippen LogP contribution in [0.1, 0.15) is 45.2 Å². The molecule has 140 valence electrons.